The number of fused-ring (bicyclic) bond motifs is 1. The first-order chi connectivity index (χ1) is 13.8. The molecule has 1 heterocycles. The predicted molar refractivity (Wildman–Crippen MR) is 117 cm³/mol. The smallest absolute Gasteiger partial charge is 0.129 e. The van der Waals surface area contributed by atoms with E-state index in [1.54, 1.807) is 0 Å². The number of anilines is 1. The van der Waals surface area contributed by atoms with Gasteiger partial charge >= 0.3 is 0 Å². The minimum absolute atomic E-state index is 0.789. The highest BCUT2D eigenvalue weighted by atomic mass is 15.2. The van der Waals surface area contributed by atoms with Crippen molar-refractivity contribution in [1.29, 1.82) is 0 Å². The molecular weight excluding hydrogens is 342 g/mol. The minimum atomic E-state index is 0.789. The first kappa shape index (κ1) is 18.3. The van der Waals surface area contributed by atoms with Crippen LogP contribution in [0, 0.1) is 0 Å². The molecule has 28 heavy (non-hydrogen) atoms. The van der Waals surface area contributed by atoms with Gasteiger partial charge in [-0.3, -0.25) is 0 Å². The molecule has 4 rings (SSSR count). The van der Waals surface area contributed by atoms with E-state index in [9.17, 15) is 0 Å². The second-order valence-corrected chi connectivity index (χ2v) is 7.20. The lowest BCUT2D eigenvalue weighted by Crippen LogP contribution is -2.24. The van der Waals surface area contributed by atoms with Crippen LogP contribution in [-0.2, 0) is 19.6 Å². The highest BCUT2D eigenvalue weighted by Crippen LogP contribution is 2.23. The lowest BCUT2D eigenvalue weighted by atomic mass is 10.2. The van der Waals surface area contributed by atoms with Crippen molar-refractivity contribution in [2.24, 2.45) is 0 Å². The van der Waals surface area contributed by atoms with Gasteiger partial charge in [0, 0.05) is 18.8 Å². The van der Waals surface area contributed by atoms with Gasteiger partial charge in [-0.2, -0.15) is 0 Å². The van der Waals surface area contributed by atoms with E-state index in [-0.39, 0.29) is 0 Å². The molecule has 1 aromatic heterocycles. The van der Waals surface area contributed by atoms with Gasteiger partial charge in [-0.05, 0) is 36.2 Å². The summed E-state index contributed by atoms with van der Waals surface area (Å²) in [6, 6.07) is 29.8. The molecule has 0 aliphatic rings. The summed E-state index contributed by atoms with van der Waals surface area (Å²) in [5.74, 6) is 1.13. The fraction of sp³-hybridized carbons (Fsp3) is 0.240. The van der Waals surface area contributed by atoms with Gasteiger partial charge in [-0.1, -0.05) is 74.0 Å². The average molecular weight is 370 g/mol. The third-order valence-electron chi connectivity index (χ3n) is 5.14. The van der Waals surface area contributed by atoms with Crippen LogP contribution in [0.25, 0.3) is 11.0 Å². The van der Waals surface area contributed by atoms with Crippen LogP contribution < -0.4 is 4.90 Å². The lowest BCUT2D eigenvalue weighted by molar-refractivity contribution is 0.605. The number of hydrogen-bond donors (Lipinski definition) is 0. The molecular formula is C25H27N3. The largest absolute Gasteiger partial charge is 0.360 e. The van der Waals surface area contributed by atoms with E-state index < -0.39 is 0 Å². The number of unbranched alkanes of at least 4 members (excludes halogenated alkanes) is 1. The molecule has 3 nitrogen and oxygen atoms in total. The monoisotopic (exact) mass is 369 g/mol. The van der Waals surface area contributed by atoms with Gasteiger partial charge < -0.3 is 9.47 Å². The summed E-state index contributed by atoms with van der Waals surface area (Å²) in [4.78, 5) is 7.41. The summed E-state index contributed by atoms with van der Waals surface area (Å²) in [5.41, 5.74) is 4.85. The van der Waals surface area contributed by atoms with Crippen LogP contribution in [0.4, 0.5) is 5.69 Å². The minimum Gasteiger partial charge on any atom is -0.360 e. The third-order valence-corrected chi connectivity index (χ3v) is 5.14. The molecule has 0 unspecified atom stereocenters. The van der Waals surface area contributed by atoms with Crippen molar-refractivity contribution in [1.82, 2.24) is 9.55 Å². The fourth-order valence-electron chi connectivity index (χ4n) is 3.66. The zero-order valence-corrected chi connectivity index (χ0v) is 16.5. The molecule has 0 fully saturated rings. The normalized spacial score (nSPS) is 11.0. The number of aryl methyl sites for hydroxylation is 1. The zero-order valence-electron chi connectivity index (χ0n) is 16.5. The number of imidazole rings is 1. The van der Waals surface area contributed by atoms with Crippen molar-refractivity contribution < 1.29 is 0 Å². The van der Waals surface area contributed by atoms with Crippen molar-refractivity contribution in [2.75, 3.05) is 4.90 Å². The SMILES string of the molecule is CCCCn1c(CN(Cc2ccccc2)c2ccccc2)nc2ccccc21. The Bertz CT molecular complexity index is 1010. The van der Waals surface area contributed by atoms with E-state index in [1.807, 2.05) is 0 Å². The maximum absolute atomic E-state index is 4.99. The Morgan fingerprint density at radius 1 is 0.786 bits per heavy atom. The van der Waals surface area contributed by atoms with Crippen LogP contribution in [0.2, 0.25) is 0 Å². The van der Waals surface area contributed by atoms with Crippen molar-refractivity contribution in [3.8, 4) is 0 Å². The second kappa shape index (κ2) is 8.75. The Hall–Kier alpha value is -3.07. The maximum atomic E-state index is 4.99. The van der Waals surface area contributed by atoms with Gasteiger partial charge in [0.05, 0.1) is 17.6 Å². The Balaban J connectivity index is 1.70. The van der Waals surface area contributed by atoms with Crippen molar-refractivity contribution in [3.63, 3.8) is 0 Å². The van der Waals surface area contributed by atoms with E-state index in [1.165, 1.54) is 23.2 Å². The Kier molecular flexibility index (Phi) is 5.72. The molecule has 0 N–H and O–H groups in total. The van der Waals surface area contributed by atoms with Gasteiger partial charge in [-0.25, -0.2) is 4.98 Å². The number of benzene rings is 3. The summed E-state index contributed by atoms with van der Waals surface area (Å²) in [5, 5.41) is 0. The topological polar surface area (TPSA) is 21.1 Å². The van der Waals surface area contributed by atoms with Crippen LogP contribution in [0.15, 0.2) is 84.9 Å². The molecule has 0 radical (unpaired) electrons. The first-order valence-electron chi connectivity index (χ1n) is 10.1. The van der Waals surface area contributed by atoms with E-state index in [2.05, 4.69) is 101 Å². The molecule has 4 aromatic rings. The van der Waals surface area contributed by atoms with Gasteiger partial charge in [0.15, 0.2) is 0 Å². The molecule has 0 aliphatic heterocycles. The Morgan fingerprint density at radius 2 is 1.46 bits per heavy atom. The number of hydrogen-bond acceptors (Lipinski definition) is 2. The highest BCUT2D eigenvalue weighted by Gasteiger charge is 2.15. The second-order valence-electron chi connectivity index (χ2n) is 7.20. The average Bonchev–Trinajstić information content (AvgIpc) is 3.10. The predicted octanol–water partition coefficient (Wildman–Crippen LogP) is 6.04. The van der Waals surface area contributed by atoms with Crippen LogP contribution in [0.5, 0.6) is 0 Å². The summed E-state index contributed by atoms with van der Waals surface area (Å²) in [6.45, 7) is 4.91. The van der Waals surface area contributed by atoms with Crippen molar-refractivity contribution in [3.05, 3.63) is 96.3 Å². The zero-order chi connectivity index (χ0) is 19.2. The molecule has 0 aliphatic carbocycles. The number of nitrogens with zero attached hydrogens (tertiary/aromatic N) is 3. The molecule has 0 atom stereocenters. The van der Waals surface area contributed by atoms with E-state index >= 15 is 0 Å². The molecule has 142 valence electrons. The maximum Gasteiger partial charge on any atom is 0.129 e. The third kappa shape index (κ3) is 4.09. The Morgan fingerprint density at radius 3 is 2.21 bits per heavy atom. The molecule has 0 saturated heterocycles. The fourth-order valence-corrected chi connectivity index (χ4v) is 3.66. The van der Waals surface area contributed by atoms with Gasteiger partial charge in [0.1, 0.15) is 5.82 Å². The first-order valence-corrected chi connectivity index (χ1v) is 10.1. The van der Waals surface area contributed by atoms with E-state index in [4.69, 9.17) is 4.98 Å². The molecule has 3 aromatic carbocycles. The van der Waals surface area contributed by atoms with Crippen LogP contribution in [0.3, 0.4) is 0 Å². The molecule has 0 spiro atoms. The highest BCUT2D eigenvalue weighted by molar-refractivity contribution is 5.76. The number of rotatable bonds is 8. The summed E-state index contributed by atoms with van der Waals surface area (Å²) >= 11 is 0. The van der Waals surface area contributed by atoms with E-state index in [0.717, 1.165) is 37.4 Å². The van der Waals surface area contributed by atoms with E-state index in [0.29, 0.717) is 0 Å². The van der Waals surface area contributed by atoms with Crippen molar-refractivity contribution in [2.45, 2.75) is 39.4 Å². The van der Waals surface area contributed by atoms with Gasteiger partial charge in [-0.15, -0.1) is 0 Å². The van der Waals surface area contributed by atoms with Gasteiger partial charge in [0.25, 0.3) is 0 Å². The number of para-hydroxylation sites is 3. The summed E-state index contributed by atoms with van der Waals surface area (Å²) in [6.07, 6.45) is 2.34. The standard InChI is InChI=1S/C25H27N3/c1-2-3-18-28-24-17-11-10-16-23(24)26-25(28)20-27(22-14-8-5-9-15-22)19-21-12-6-4-7-13-21/h4-17H,2-3,18-20H2,1H3. The summed E-state index contributed by atoms with van der Waals surface area (Å²) in [7, 11) is 0. The summed E-state index contributed by atoms with van der Waals surface area (Å²) < 4.78 is 2.40. The molecule has 3 heteroatoms. The van der Waals surface area contributed by atoms with Crippen LogP contribution >= 0.6 is 0 Å². The molecule has 0 amide bonds. The molecule has 0 bridgehead atoms. The van der Waals surface area contributed by atoms with Gasteiger partial charge in [0.2, 0.25) is 0 Å². The molecule has 0 saturated carbocycles. The van der Waals surface area contributed by atoms with Crippen molar-refractivity contribution >= 4 is 16.7 Å². The van der Waals surface area contributed by atoms with Crippen LogP contribution in [-0.4, -0.2) is 9.55 Å². The van der Waals surface area contributed by atoms with Crippen LogP contribution in [0.1, 0.15) is 31.2 Å². The Labute approximate surface area is 167 Å². The lowest BCUT2D eigenvalue weighted by Gasteiger charge is -2.25. The quantitative estimate of drug-likeness (QED) is 0.377. The number of aromatic nitrogens is 2.